The Morgan fingerprint density at radius 2 is 1.00 bits per heavy atom. The van der Waals surface area contributed by atoms with Crippen LogP contribution in [0.4, 0.5) is 0 Å². The minimum absolute atomic E-state index is 0.124. The maximum absolute atomic E-state index is 2.24. The summed E-state index contributed by atoms with van der Waals surface area (Å²) < 4.78 is 2.88. The molecule has 2 rings (SSSR count). The molecule has 2 aromatic rings. The minimum Gasteiger partial charge on any atom is -0.142 e. The van der Waals surface area contributed by atoms with Crippen LogP contribution in [-0.2, 0) is 12.8 Å². The van der Waals surface area contributed by atoms with Crippen molar-refractivity contribution in [3.63, 3.8) is 0 Å². The summed E-state index contributed by atoms with van der Waals surface area (Å²) in [7, 11) is 0. The highest BCUT2D eigenvalue weighted by atomic mass is 24.5. The van der Waals surface area contributed by atoms with Gasteiger partial charge in [0.2, 0.25) is 0 Å². The molecule has 0 aliphatic rings. The van der Waals surface area contributed by atoms with Gasteiger partial charge in [0.15, 0.2) is 0 Å². The highest BCUT2D eigenvalue weighted by Gasteiger charge is 1.98. The SMILES string of the molecule is c1ccc(C[CH2][Mg][CH2]Cc2ccccc2)cc1. The van der Waals surface area contributed by atoms with E-state index in [1.165, 1.54) is 33.1 Å². The lowest BCUT2D eigenvalue weighted by atomic mass is 10.2. The van der Waals surface area contributed by atoms with Crippen molar-refractivity contribution in [2.45, 2.75) is 21.9 Å². The molecule has 0 radical (unpaired) electrons. The van der Waals surface area contributed by atoms with Gasteiger partial charge in [-0.25, -0.2) is 0 Å². The number of aryl methyl sites for hydroxylation is 2. The van der Waals surface area contributed by atoms with Crippen molar-refractivity contribution in [3.8, 4) is 0 Å². The summed E-state index contributed by atoms with van der Waals surface area (Å²) in [6, 6.07) is 21.7. The third-order valence-electron chi connectivity index (χ3n) is 3.12. The Balaban J connectivity index is 1.61. The Bertz CT molecular complexity index is 367. The molecule has 84 valence electrons. The lowest BCUT2D eigenvalue weighted by molar-refractivity contribution is 1.07. The molecule has 0 fully saturated rings. The zero-order valence-corrected chi connectivity index (χ0v) is 11.7. The summed E-state index contributed by atoms with van der Waals surface area (Å²) in [5, 5.41) is 0. The quantitative estimate of drug-likeness (QED) is 0.523. The zero-order chi connectivity index (χ0) is 11.8. The van der Waals surface area contributed by atoms with Crippen LogP contribution >= 0.6 is 0 Å². The molecule has 0 aliphatic carbocycles. The molecule has 0 nitrogen and oxygen atoms in total. The van der Waals surface area contributed by atoms with Crippen LogP contribution < -0.4 is 0 Å². The van der Waals surface area contributed by atoms with Gasteiger partial charge in [0.25, 0.3) is 0 Å². The predicted octanol–water partition coefficient (Wildman–Crippen LogP) is 4.01. The van der Waals surface area contributed by atoms with E-state index in [1.807, 2.05) is 0 Å². The molecule has 0 unspecified atom stereocenters. The van der Waals surface area contributed by atoms with Gasteiger partial charge < -0.3 is 0 Å². The van der Waals surface area contributed by atoms with Crippen molar-refractivity contribution in [2.24, 2.45) is 0 Å². The predicted molar refractivity (Wildman–Crippen MR) is 75.7 cm³/mol. The Labute approximate surface area is 114 Å². The van der Waals surface area contributed by atoms with Gasteiger partial charge in [-0.1, -0.05) is 84.6 Å². The Kier molecular flexibility index (Phi) is 5.60. The molecule has 0 spiro atoms. The molecular weight excluding hydrogens is 216 g/mol. The van der Waals surface area contributed by atoms with E-state index in [9.17, 15) is 0 Å². The second kappa shape index (κ2) is 7.52. The molecule has 0 saturated heterocycles. The van der Waals surface area contributed by atoms with Gasteiger partial charge in [-0.3, -0.25) is 0 Å². The number of hydrogen-bond donors (Lipinski definition) is 0. The van der Waals surface area contributed by atoms with Crippen LogP contribution in [0, 0.1) is 0 Å². The fourth-order valence-corrected chi connectivity index (χ4v) is 3.79. The molecule has 0 aromatic heterocycles. The van der Waals surface area contributed by atoms with Crippen molar-refractivity contribution in [1.82, 2.24) is 0 Å². The minimum atomic E-state index is 0.124. The van der Waals surface area contributed by atoms with Gasteiger partial charge in [0, 0.05) is 0 Å². The van der Waals surface area contributed by atoms with Crippen LogP contribution in [0.3, 0.4) is 0 Å². The first-order valence-corrected chi connectivity index (χ1v) is 8.53. The number of rotatable bonds is 6. The highest BCUT2D eigenvalue weighted by Crippen LogP contribution is 2.06. The maximum atomic E-state index is 2.24. The molecular formula is C16H18Mg. The Morgan fingerprint density at radius 1 is 0.588 bits per heavy atom. The average Bonchev–Trinajstić information content (AvgIpc) is 2.41. The molecule has 1 heteroatoms. The van der Waals surface area contributed by atoms with E-state index in [-0.39, 0.29) is 20.4 Å². The van der Waals surface area contributed by atoms with E-state index >= 15 is 0 Å². The van der Waals surface area contributed by atoms with Gasteiger partial charge >= 0.3 is 20.4 Å². The first-order chi connectivity index (χ1) is 8.45. The molecule has 0 saturated carbocycles. The van der Waals surface area contributed by atoms with Crippen molar-refractivity contribution >= 4 is 20.4 Å². The summed E-state index contributed by atoms with van der Waals surface area (Å²) in [4.78, 5) is 0. The standard InChI is InChI=1S/2C8H9.Mg/c2*1-2-8-6-4-3-5-7-8;/h2*3-7H,1-2H2;. The maximum Gasteiger partial charge on any atom is 0.365 e. The van der Waals surface area contributed by atoms with Crippen LogP contribution in [0.5, 0.6) is 0 Å². The lowest BCUT2D eigenvalue weighted by Gasteiger charge is -2.01. The zero-order valence-electron chi connectivity index (χ0n) is 10.3. The van der Waals surface area contributed by atoms with Crippen LogP contribution in [0.15, 0.2) is 60.7 Å². The van der Waals surface area contributed by atoms with Gasteiger partial charge in [-0.05, 0) is 0 Å². The van der Waals surface area contributed by atoms with Gasteiger partial charge in [-0.2, -0.15) is 0 Å². The summed E-state index contributed by atoms with van der Waals surface area (Å²) in [6.45, 7) is 0. The first-order valence-electron chi connectivity index (χ1n) is 6.53. The van der Waals surface area contributed by atoms with E-state index in [0.29, 0.717) is 0 Å². The second-order valence-corrected chi connectivity index (χ2v) is 6.65. The molecule has 0 amide bonds. The van der Waals surface area contributed by atoms with Gasteiger partial charge in [-0.15, -0.1) is 9.10 Å². The third kappa shape index (κ3) is 4.92. The summed E-state index contributed by atoms with van der Waals surface area (Å²) in [6.07, 6.45) is 2.56. The Morgan fingerprint density at radius 3 is 1.41 bits per heavy atom. The van der Waals surface area contributed by atoms with Crippen molar-refractivity contribution < 1.29 is 0 Å². The highest BCUT2D eigenvalue weighted by molar-refractivity contribution is 6.35. The third-order valence-corrected chi connectivity index (χ3v) is 4.82. The van der Waals surface area contributed by atoms with Crippen molar-refractivity contribution in [2.75, 3.05) is 0 Å². The second-order valence-electron chi connectivity index (χ2n) is 4.53. The molecule has 17 heavy (non-hydrogen) atoms. The molecule has 0 aliphatic heterocycles. The summed E-state index contributed by atoms with van der Waals surface area (Å²) >= 11 is 0.124. The van der Waals surface area contributed by atoms with Gasteiger partial charge in [0.05, 0.1) is 0 Å². The smallest absolute Gasteiger partial charge is 0.142 e. The van der Waals surface area contributed by atoms with Crippen molar-refractivity contribution in [3.05, 3.63) is 71.8 Å². The van der Waals surface area contributed by atoms with E-state index in [4.69, 9.17) is 0 Å². The van der Waals surface area contributed by atoms with Crippen LogP contribution in [0.2, 0.25) is 9.10 Å². The van der Waals surface area contributed by atoms with E-state index in [2.05, 4.69) is 60.7 Å². The summed E-state index contributed by atoms with van der Waals surface area (Å²) in [5.74, 6) is 0. The lowest BCUT2D eigenvalue weighted by Crippen LogP contribution is -1.95. The van der Waals surface area contributed by atoms with Crippen LogP contribution in [0.25, 0.3) is 0 Å². The topological polar surface area (TPSA) is 0 Å². The number of benzene rings is 2. The van der Waals surface area contributed by atoms with E-state index < -0.39 is 0 Å². The monoisotopic (exact) mass is 234 g/mol. The van der Waals surface area contributed by atoms with E-state index in [1.54, 1.807) is 0 Å². The largest absolute Gasteiger partial charge is 0.365 e. The fourth-order valence-electron chi connectivity index (χ4n) is 2.12. The number of hydrogen-bond acceptors (Lipinski definition) is 0. The van der Waals surface area contributed by atoms with E-state index in [0.717, 1.165) is 0 Å². The van der Waals surface area contributed by atoms with Gasteiger partial charge in [0.1, 0.15) is 0 Å². The molecule has 0 heterocycles. The fraction of sp³-hybridized carbons (Fsp3) is 0.250. The first kappa shape index (κ1) is 12.7. The Hall–Kier alpha value is -0.794. The molecule has 0 bridgehead atoms. The summed E-state index contributed by atoms with van der Waals surface area (Å²) in [5.41, 5.74) is 3.00. The normalized spacial score (nSPS) is 9.88. The van der Waals surface area contributed by atoms with Crippen LogP contribution in [-0.4, -0.2) is 20.4 Å². The molecule has 0 atom stereocenters. The van der Waals surface area contributed by atoms with Crippen molar-refractivity contribution in [1.29, 1.82) is 0 Å². The van der Waals surface area contributed by atoms with Crippen LogP contribution in [0.1, 0.15) is 11.1 Å². The molecule has 2 aromatic carbocycles. The molecule has 0 N–H and O–H groups in total. The average molecular weight is 235 g/mol.